The van der Waals surface area contributed by atoms with Crippen LogP contribution >= 0.6 is 23.5 Å². The molecule has 0 saturated heterocycles. The monoisotopic (exact) mass is 392 g/mol. The van der Waals surface area contributed by atoms with E-state index in [-0.39, 0.29) is 11.8 Å². The third-order valence-electron chi connectivity index (χ3n) is 4.54. The first kappa shape index (κ1) is 17.7. The van der Waals surface area contributed by atoms with Crippen molar-refractivity contribution in [3.8, 4) is 6.07 Å². The summed E-state index contributed by atoms with van der Waals surface area (Å²) in [5, 5.41) is 20.5. The summed E-state index contributed by atoms with van der Waals surface area (Å²) in [5.41, 5.74) is 3.15. The molecule has 0 saturated carbocycles. The van der Waals surface area contributed by atoms with Gasteiger partial charge in [0.25, 0.3) is 5.91 Å². The van der Waals surface area contributed by atoms with E-state index in [1.165, 1.54) is 23.5 Å². The Morgan fingerprint density at radius 3 is 2.85 bits per heavy atom. The molecule has 1 amide bonds. The first-order chi connectivity index (χ1) is 13.1. The van der Waals surface area contributed by atoms with Crippen LogP contribution in [-0.2, 0) is 4.79 Å². The Kier molecular flexibility index (Phi) is 4.68. The highest BCUT2D eigenvalue weighted by molar-refractivity contribution is 8.24. The van der Waals surface area contributed by atoms with Crippen LogP contribution in [0.25, 0.3) is 0 Å². The Hall–Kier alpha value is -2.69. The molecular formula is C20H16N4OS2. The number of nitriles is 1. The van der Waals surface area contributed by atoms with Crippen molar-refractivity contribution >= 4 is 41.0 Å². The molecule has 1 aromatic carbocycles. The van der Waals surface area contributed by atoms with E-state index in [0.29, 0.717) is 17.2 Å². The van der Waals surface area contributed by atoms with Crippen molar-refractivity contribution in [1.29, 1.82) is 10.7 Å². The van der Waals surface area contributed by atoms with Crippen molar-refractivity contribution in [3.63, 3.8) is 0 Å². The third-order valence-corrected chi connectivity index (χ3v) is 6.83. The zero-order chi connectivity index (χ0) is 19.0. The second-order valence-electron chi connectivity index (χ2n) is 6.12. The number of nitrogens with zero attached hydrogens (tertiary/aromatic N) is 2. The van der Waals surface area contributed by atoms with Gasteiger partial charge in [-0.25, -0.2) is 0 Å². The van der Waals surface area contributed by atoms with Crippen LogP contribution in [0.5, 0.6) is 0 Å². The van der Waals surface area contributed by atoms with Gasteiger partial charge in [0.05, 0.1) is 22.0 Å². The van der Waals surface area contributed by atoms with E-state index in [9.17, 15) is 4.79 Å². The van der Waals surface area contributed by atoms with Gasteiger partial charge in [0.1, 0.15) is 5.84 Å². The van der Waals surface area contributed by atoms with E-state index in [0.717, 1.165) is 26.1 Å². The van der Waals surface area contributed by atoms with Crippen LogP contribution < -0.4 is 5.32 Å². The number of rotatable bonds is 4. The summed E-state index contributed by atoms with van der Waals surface area (Å²) in [5.74, 6) is 0.268. The van der Waals surface area contributed by atoms with Gasteiger partial charge in [-0.2, -0.15) is 5.26 Å². The number of fused-ring (bicyclic) bond motifs is 3. The SMILES string of the molecule is CC1=C(C(=O)Nc2ccccc2)C2C(=C(SCC#N)S1)C(=N)n1cccc12. The van der Waals surface area contributed by atoms with Gasteiger partial charge in [0.2, 0.25) is 0 Å². The highest BCUT2D eigenvalue weighted by Crippen LogP contribution is 2.53. The molecule has 2 aromatic rings. The average molecular weight is 393 g/mol. The van der Waals surface area contributed by atoms with Gasteiger partial charge in [-0.05, 0) is 36.1 Å². The number of hydrogen-bond acceptors (Lipinski definition) is 5. The van der Waals surface area contributed by atoms with Crippen molar-refractivity contribution in [1.82, 2.24) is 4.57 Å². The lowest BCUT2D eigenvalue weighted by Gasteiger charge is -2.26. The normalized spacial score (nSPS) is 18.2. The molecule has 0 fully saturated rings. The third kappa shape index (κ3) is 3.01. The van der Waals surface area contributed by atoms with E-state index in [1.54, 1.807) is 0 Å². The number of para-hydroxylation sites is 1. The van der Waals surface area contributed by atoms with Crippen molar-refractivity contribution in [2.45, 2.75) is 12.8 Å². The van der Waals surface area contributed by atoms with Gasteiger partial charge in [-0.3, -0.25) is 10.2 Å². The molecule has 1 aromatic heterocycles. The predicted octanol–water partition coefficient (Wildman–Crippen LogP) is 4.54. The lowest BCUT2D eigenvalue weighted by molar-refractivity contribution is -0.113. The molecule has 134 valence electrons. The first-order valence-corrected chi connectivity index (χ1v) is 10.2. The highest BCUT2D eigenvalue weighted by Gasteiger charge is 2.42. The van der Waals surface area contributed by atoms with Crippen LogP contribution in [0.1, 0.15) is 18.5 Å². The van der Waals surface area contributed by atoms with Gasteiger partial charge in [0, 0.05) is 28.7 Å². The van der Waals surface area contributed by atoms with Crippen molar-refractivity contribution in [2.75, 3.05) is 11.1 Å². The minimum atomic E-state index is -0.279. The van der Waals surface area contributed by atoms with E-state index in [4.69, 9.17) is 10.7 Å². The summed E-state index contributed by atoms with van der Waals surface area (Å²) < 4.78 is 2.76. The lowest BCUT2D eigenvalue weighted by Crippen LogP contribution is -2.23. The maximum Gasteiger partial charge on any atom is 0.253 e. The minimum absolute atomic E-state index is 0.152. The van der Waals surface area contributed by atoms with Gasteiger partial charge < -0.3 is 9.88 Å². The van der Waals surface area contributed by atoms with Crippen molar-refractivity contribution < 1.29 is 4.79 Å². The zero-order valence-electron chi connectivity index (χ0n) is 14.5. The van der Waals surface area contributed by atoms with Gasteiger partial charge >= 0.3 is 0 Å². The molecule has 4 rings (SSSR count). The summed E-state index contributed by atoms with van der Waals surface area (Å²) in [6.45, 7) is 1.93. The van der Waals surface area contributed by atoms with Crippen LogP contribution in [0.3, 0.4) is 0 Å². The molecule has 2 N–H and O–H groups in total. The summed E-state index contributed by atoms with van der Waals surface area (Å²) in [6.07, 6.45) is 1.85. The highest BCUT2D eigenvalue weighted by atomic mass is 32.2. The van der Waals surface area contributed by atoms with Crippen LogP contribution in [0.15, 0.2) is 68.9 Å². The predicted molar refractivity (Wildman–Crippen MR) is 111 cm³/mol. The largest absolute Gasteiger partial charge is 0.322 e. The van der Waals surface area contributed by atoms with Crippen molar-refractivity contribution in [2.24, 2.45) is 0 Å². The molecule has 1 atom stereocenters. The number of thioether (sulfide) groups is 2. The summed E-state index contributed by atoms with van der Waals surface area (Å²) in [6, 6.07) is 15.4. The van der Waals surface area contributed by atoms with Crippen LogP contribution in [0, 0.1) is 16.7 Å². The number of anilines is 1. The molecule has 2 aliphatic heterocycles. The van der Waals surface area contributed by atoms with Crippen LogP contribution in [0.2, 0.25) is 0 Å². The summed E-state index contributed by atoms with van der Waals surface area (Å²) in [7, 11) is 0. The molecule has 2 aliphatic rings. The fraction of sp³-hybridized carbons (Fsp3) is 0.150. The molecule has 5 nitrogen and oxygen atoms in total. The Balaban J connectivity index is 1.76. The number of nitrogens with one attached hydrogen (secondary N) is 2. The molecule has 0 radical (unpaired) electrons. The minimum Gasteiger partial charge on any atom is -0.322 e. The number of carbonyl (C=O) groups excluding carboxylic acids is 1. The molecule has 0 aliphatic carbocycles. The topological polar surface area (TPSA) is 81.7 Å². The maximum atomic E-state index is 13.1. The van der Waals surface area contributed by atoms with E-state index in [1.807, 2.05) is 60.2 Å². The second kappa shape index (κ2) is 7.14. The Labute approximate surface area is 165 Å². The molecule has 1 unspecified atom stereocenters. The van der Waals surface area contributed by atoms with Gasteiger partial charge in [-0.1, -0.05) is 30.0 Å². The van der Waals surface area contributed by atoms with E-state index < -0.39 is 0 Å². The van der Waals surface area contributed by atoms with Crippen molar-refractivity contribution in [3.05, 3.63) is 74.6 Å². The number of benzene rings is 1. The molecule has 0 bridgehead atoms. The van der Waals surface area contributed by atoms with Crippen LogP contribution in [-0.4, -0.2) is 22.1 Å². The Morgan fingerprint density at radius 1 is 1.33 bits per heavy atom. The number of aromatic nitrogens is 1. The number of amides is 1. The molecular weight excluding hydrogens is 376 g/mol. The zero-order valence-corrected chi connectivity index (χ0v) is 16.2. The van der Waals surface area contributed by atoms with Gasteiger partial charge in [-0.15, -0.1) is 11.8 Å². The standard InChI is InChI=1S/C20H16N4OS2/c1-12-15(19(25)23-13-6-3-2-4-7-13)16-14-8-5-10-24(14)18(22)17(16)20(27-12)26-11-9-21/h2-8,10,16,22H,11H2,1H3,(H,23,25). The van der Waals surface area contributed by atoms with E-state index in [2.05, 4.69) is 11.4 Å². The molecule has 27 heavy (non-hydrogen) atoms. The fourth-order valence-electron chi connectivity index (χ4n) is 3.42. The van der Waals surface area contributed by atoms with Gasteiger partial charge in [0.15, 0.2) is 0 Å². The average Bonchev–Trinajstić information content (AvgIpc) is 3.24. The number of hydrogen-bond donors (Lipinski definition) is 2. The smallest absolute Gasteiger partial charge is 0.253 e. The lowest BCUT2D eigenvalue weighted by atomic mass is 9.89. The Morgan fingerprint density at radius 2 is 2.11 bits per heavy atom. The first-order valence-electron chi connectivity index (χ1n) is 8.37. The fourth-order valence-corrected chi connectivity index (χ4v) is 5.70. The second-order valence-corrected chi connectivity index (χ2v) is 8.59. The van der Waals surface area contributed by atoms with Crippen LogP contribution in [0.4, 0.5) is 5.69 Å². The molecule has 7 heteroatoms. The summed E-state index contributed by atoms with van der Waals surface area (Å²) >= 11 is 2.92. The molecule has 3 heterocycles. The Bertz CT molecular complexity index is 1040. The quantitative estimate of drug-likeness (QED) is 0.800. The number of allylic oxidation sites excluding steroid dienone is 2. The maximum absolute atomic E-state index is 13.1. The summed E-state index contributed by atoms with van der Waals surface area (Å²) in [4.78, 5) is 14.0. The number of carbonyl (C=O) groups is 1. The molecule has 0 spiro atoms. The van der Waals surface area contributed by atoms with E-state index >= 15 is 0 Å².